The van der Waals surface area contributed by atoms with Gasteiger partial charge in [-0.3, -0.25) is 0 Å². The third kappa shape index (κ3) is 3.31. The summed E-state index contributed by atoms with van der Waals surface area (Å²) in [6, 6.07) is 7.77. The Morgan fingerprint density at radius 2 is 2.06 bits per heavy atom. The van der Waals surface area contributed by atoms with Crippen molar-refractivity contribution in [2.45, 2.75) is 25.8 Å². The lowest BCUT2D eigenvalue weighted by Gasteiger charge is -2.09. The number of hydrogen-bond donors (Lipinski definition) is 1. The quantitative estimate of drug-likeness (QED) is 0.936. The van der Waals surface area contributed by atoms with Crippen molar-refractivity contribution in [1.82, 2.24) is 10.1 Å². The van der Waals surface area contributed by atoms with Gasteiger partial charge in [-0.25, -0.2) is 0 Å². The number of hydrogen-bond acceptors (Lipinski definition) is 4. The number of nitrogens with zero attached hydrogens (tertiary/aromatic N) is 2. The van der Waals surface area contributed by atoms with E-state index in [1.54, 1.807) is 0 Å². The van der Waals surface area contributed by atoms with Crippen LogP contribution in [0, 0.1) is 0 Å². The molecule has 2 aromatic rings. The molecule has 0 radical (unpaired) electrons. The molecule has 98 valence electrons. The van der Waals surface area contributed by atoms with Crippen LogP contribution in [-0.2, 0) is 0 Å². The Kier molecular flexibility index (Phi) is 5.31. The standard InChI is InChI=1S/C12H14BrN3O.ClH/c1-7(8(2)14)12-15-11(16-17-12)9-4-3-5-10(13)6-9;/h3-8H,14H2,1-2H3;1H. The Morgan fingerprint density at radius 3 is 2.67 bits per heavy atom. The van der Waals surface area contributed by atoms with Crippen molar-refractivity contribution >= 4 is 28.3 Å². The van der Waals surface area contributed by atoms with Gasteiger partial charge in [0.05, 0.1) is 5.92 Å². The van der Waals surface area contributed by atoms with Crippen molar-refractivity contribution in [3.05, 3.63) is 34.6 Å². The SMILES string of the molecule is CC(N)C(C)c1nc(-c2cccc(Br)c2)no1.Cl. The molecule has 1 aromatic heterocycles. The van der Waals surface area contributed by atoms with E-state index in [4.69, 9.17) is 10.3 Å². The third-order valence-electron chi connectivity index (χ3n) is 2.70. The fraction of sp³-hybridized carbons (Fsp3) is 0.333. The molecule has 6 heteroatoms. The molecule has 1 heterocycles. The molecule has 18 heavy (non-hydrogen) atoms. The molecule has 0 spiro atoms. The number of halogens is 2. The van der Waals surface area contributed by atoms with Crippen molar-refractivity contribution in [3.8, 4) is 11.4 Å². The second kappa shape index (κ2) is 6.31. The monoisotopic (exact) mass is 331 g/mol. The molecule has 0 aliphatic rings. The molecule has 0 saturated carbocycles. The first-order valence-electron chi connectivity index (χ1n) is 5.43. The van der Waals surface area contributed by atoms with Gasteiger partial charge in [-0.1, -0.05) is 40.1 Å². The Bertz CT molecular complexity index is 516. The highest BCUT2D eigenvalue weighted by molar-refractivity contribution is 9.10. The zero-order chi connectivity index (χ0) is 12.4. The van der Waals surface area contributed by atoms with Crippen LogP contribution in [-0.4, -0.2) is 16.2 Å². The number of rotatable bonds is 3. The minimum absolute atomic E-state index is 0. The number of aromatic nitrogens is 2. The fourth-order valence-corrected chi connectivity index (χ4v) is 1.79. The smallest absolute Gasteiger partial charge is 0.231 e. The number of nitrogens with two attached hydrogens (primary N) is 1. The molecule has 2 unspecified atom stereocenters. The predicted octanol–water partition coefficient (Wildman–Crippen LogP) is 3.37. The molecule has 4 nitrogen and oxygen atoms in total. The summed E-state index contributed by atoms with van der Waals surface area (Å²) in [6.07, 6.45) is 0. The van der Waals surface area contributed by atoms with E-state index < -0.39 is 0 Å². The van der Waals surface area contributed by atoms with E-state index in [0.29, 0.717) is 11.7 Å². The molecule has 1 aromatic carbocycles. The number of benzene rings is 1. The molecule has 0 bridgehead atoms. The summed E-state index contributed by atoms with van der Waals surface area (Å²) < 4.78 is 6.21. The molecule has 2 N–H and O–H groups in total. The lowest BCUT2D eigenvalue weighted by atomic mass is 10.1. The molecule has 2 atom stereocenters. The van der Waals surface area contributed by atoms with Gasteiger partial charge in [-0.15, -0.1) is 12.4 Å². The Morgan fingerprint density at radius 1 is 1.33 bits per heavy atom. The molecule has 0 fully saturated rings. The summed E-state index contributed by atoms with van der Waals surface area (Å²) in [5.41, 5.74) is 6.73. The second-order valence-corrected chi connectivity index (χ2v) is 5.03. The van der Waals surface area contributed by atoms with Crippen molar-refractivity contribution < 1.29 is 4.52 Å². The summed E-state index contributed by atoms with van der Waals surface area (Å²) in [5, 5.41) is 3.97. The van der Waals surface area contributed by atoms with E-state index in [0.717, 1.165) is 10.0 Å². The van der Waals surface area contributed by atoms with Gasteiger partial charge in [0.2, 0.25) is 11.7 Å². The molecule has 2 rings (SSSR count). The van der Waals surface area contributed by atoms with Crippen LogP contribution in [0.15, 0.2) is 33.3 Å². The lowest BCUT2D eigenvalue weighted by molar-refractivity contribution is 0.347. The Labute approximate surface area is 120 Å². The highest BCUT2D eigenvalue weighted by Crippen LogP contribution is 2.23. The molecular weight excluding hydrogens is 318 g/mol. The van der Waals surface area contributed by atoms with Gasteiger partial charge in [0, 0.05) is 16.1 Å². The maximum Gasteiger partial charge on any atom is 0.231 e. The first-order valence-corrected chi connectivity index (χ1v) is 6.22. The first-order chi connectivity index (χ1) is 8.08. The first kappa shape index (κ1) is 15.1. The van der Waals surface area contributed by atoms with Crippen LogP contribution in [0.4, 0.5) is 0 Å². The van der Waals surface area contributed by atoms with Crippen molar-refractivity contribution in [2.75, 3.05) is 0 Å². The van der Waals surface area contributed by atoms with E-state index in [-0.39, 0.29) is 24.4 Å². The van der Waals surface area contributed by atoms with Gasteiger partial charge in [-0.2, -0.15) is 4.98 Å². The van der Waals surface area contributed by atoms with Crippen LogP contribution in [0.2, 0.25) is 0 Å². The zero-order valence-corrected chi connectivity index (χ0v) is 12.5. The third-order valence-corrected chi connectivity index (χ3v) is 3.20. The predicted molar refractivity (Wildman–Crippen MR) is 76.7 cm³/mol. The van der Waals surface area contributed by atoms with E-state index in [9.17, 15) is 0 Å². The maximum absolute atomic E-state index is 5.80. The van der Waals surface area contributed by atoms with Crippen LogP contribution in [0.25, 0.3) is 11.4 Å². The van der Waals surface area contributed by atoms with E-state index in [2.05, 4.69) is 26.1 Å². The minimum Gasteiger partial charge on any atom is -0.339 e. The maximum atomic E-state index is 5.80. The minimum atomic E-state index is -0.00851. The summed E-state index contributed by atoms with van der Waals surface area (Å²) in [7, 11) is 0. The van der Waals surface area contributed by atoms with Crippen LogP contribution < -0.4 is 5.73 Å². The van der Waals surface area contributed by atoms with E-state index in [1.165, 1.54) is 0 Å². The van der Waals surface area contributed by atoms with Crippen LogP contribution in [0.5, 0.6) is 0 Å². The van der Waals surface area contributed by atoms with Crippen molar-refractivity contribution in [1.29, 1.82) is 0 Å². The van der Waals surface area contributed by atoms with Gasteiger partial charge in [0.15, 0.2) is 0 Å². The van der Waals surface area contributed by atoms with Crippen LogP contribution >= 0.6 is 28.3 Å². The zero-order valence-electron chi connectivity index (χ0n) is 10.1. The van der Waals surface area contributed by atoms with Gasteiger partial charge >= 0.3 is 0 Å². The average molecular weight is 333 g/mol. The Balaban J connectivity index is 0.00000162. The van der Waals surface area contributed by atoms with Gasteiger partial charge in [0.1, 0.15) is 0 Å². The topological polar surface area (TPSA) is 64.9 Å². The summed E-state index contributed by atoms with van der Waals surface area (Å²) >= 11 is 3.41. The summed E-state index contributed by atoms with van der Waals surface area (Å²) in [4.78, 5) is 4.36. The lowest BCUT2D eigenvalue weighted by Crippen LogP contribution is -2.22. The van der Waals surface area contributed by atoms with Crippen molar-refractivity contribution in [3.63, 3.8) is 0 Å². The second-order valence-electron chi connectivity index (χ2n) is 4.11. The van der Waals surface area contributed by atoms with E-state index >= 15 is 0 Å². The van der Waals surface area contributed by atoms with Gasteiger partial charge in [0.25, 0.3) is 0 Å². The van der Waals surface area contributed by atoms with Crippen LogP contribution in [0.1, 0.15) is 25.7 Å². The fourth-order valence-electron chi connectivity index (χ4n) is 1.39. The highest BCUT2D eigenvalue weighted by Gasteiger charge is 2.18. The largest absolute Gasteiger partial charge is 0.339 e. The molecule has 0 aliphatic heterocycles. The average Bonchev–Trinajstić information content (AvgIpc) is 2.77. The summed E-state index contributed by atoms with van der Waals surface area (Å²) in [6.45, 7) is 3.90. The van der Waals surface area contributed by atoms with Crippen molar-refractivity contribution in [2.24, 2.45) is 5.73 Å². The summed E-state index contributed by atoms with van der Waals surface area (Å²) in [5.74, 6) is 1.23. The molecular formula is C12H15BrClN3O. The van der Waals surface area contributed by atoms with E-state index in [1.807, 2.05) is 38.1 Å². The van der Waals surface area contributed by atoms with Gasteiger partial charge < -0.3 is 10.3 Å². The normalized spacial score (nSPS) is 13.8. The van der Waals surface area contributed by atoms with Gasteiger partial charge in [-0.05, 0) is 19.1 Å². The van der Waals surface area contributed by atoms with Crippen LogP contribution in [0.3, 0.4) is 0 Å². The molecule has 0 saturated heterocycles. The molecule has 0 aliphatic carbocycles. The molecule has 0 amide bonds. The Hall–Kier alpha value is -0.910. The highest BCUT2D eigenvalue weighted by atomic mass is 79.9.